The molecule has 11 heavy (non-hydrogen) atoms. The molecule has 0 radical (unpaired) electrons. The van der Waals surface area contributed by atoms with Gasteiger partial charge in [-0.05, 0) is 11.8 Å². The second-order valence-electron chi connectivity index (χ2n) is 2.74. The minimum Gasteiger partial charge on any atom is -0.396 e. The molecule has 0 rings (SSSR count). The normalized spacial score (nSPS) is 14.7. The first-order valence-corrected chi connectivity index (χ1v) is 4.87. The summed E-state index contributed by atoms with van der Waals surface area (Å²) in [4.78, 5) is 0. The number of aliphatic hydroxyl groups excluding tert-OH is 1. The Labute approximate surface area is 71.8 Å². The molecule has 0 aromatic heterocycles. The first-order valence-electron chi connectivity index (χ1n) is 4.87. The Hall–Kier alpha value is -0.0400. The average molecular weight is 160 g/mol. The molecule has 0 bridgehead atoms. The molecule has 0 aliphatic heterocycles. The van der Waals surface area contributed by atoms with Gasteiger partial charge in [0, 0.05) is 6.61 Å². The van der Waals surface area contributed by atoms with Gasteiger partial charge in [-0.3, -0.25) is 0 Å². The highest BCUT2D eigenvalue weighted by molar-refractivity contribution is 4.61. The van der Waals surface area contributed by atoms with Crippen LogP contribution in [0, 0.1) is 11.8 Å². The van der Waals surface area contributed by atoms with Crippen molar-refractivity contribution in [2.75, 3.05) is 6.61 Å². The lowest BCUT2D eigenvalue weighted by Gasteiger charge is -2.17. The Morgan fingerprint density at radius 2 is 1.55 bits per heavy atom. The molecule has 0 aliphatic rings. The summed E-state index contributed by atoms with van der Waals surface area (Å²) in [6.45, 7) is 10.9. The molecular formula is C10H24O. The zero-order chi connectivity index (χ0) is 9.28. The maximum absolute atomic E-state index is 8.83. The van der Waals surface area contributed by atoms with E-state index in [-0.39, 0.29) is 0 Å². The summed E-state index contributed by atoms with van der Waals surface area (Å²) in [6.07, 6.45) is 2.28. The maximum atomic E-state index is 8.83. The van der Waals surface area contributed by atoms with Crippen LogP contribution in [0.4, 0.5) is 0 Å². The predicted octanol–water partition coefficient (Wildman–Crippen LogP) is 3.08. The number of rotatable bonds is 4. The molecule has 2 atom stereocenters. The Kier molecular flexibility index (Phi) is 12.3. The second-order valence-corrected chi connectivity index (χ2v) is 2.74. The topological polar surface area (TPSA) is 20.2 Å². The van der Waals surface area contributed by atoms with Crippen molar-refractivity contribution < 1.29 is 5.11 Å². The number of hydrogen-bond acceptors (Lipinski definition) is 1. The minimum absolute atomic E-state index is 0.353. The summed E-state index contributed by atoms with van der Waals surface area (Å²) < 4.78 is 0. The molecule has 0 unspecified atom stereocenters. The number of aliphatic hydroxyl groups is 1. The van der Waals surface area contributed by atoms with Gasteiger partial charge >= 0.3 is 0 Å². The third kappa shape index (κ3) is 6.36. The van der Waals surface area contributed by atoms with E-state index in [0.29, 0.717) is 18.4 Å². The van der Waals surface area contributed by atoms with E-state index in [9.17, 15) is 0 Å². The van der Waals surface area contributed by atoms with Crippen molar-refractivity contribution in [2.45, 2.75) is 47.5 Å². The largest absolute Gasteiger partial charge is 0.396 e. The molecule has 0 aromatic carbocycles. The van der Waals surface area contributed by atoms with Gasteiger partial charge < -0.3 is 5.11 Å². The van der Waals surface area contributed by atoms with Gasteiger partial charge in [0.1, 0.15) is 0 Å². The van der Waals surface area contributed by atoms with Gasteiger partial charge in [-0.15, -0.1) is 0 Å². The van der Waals surface area contributed by atoms with E-state index in [1.165, 1.54) is 6.42 Å². The van der Waals surface area contributed by atoms with Crippen LogP contribution in [0.3, 0.4) is 0 Å². The van der Waals surface area contributed by atoms with E-state index in [0.717, 1.165) is 6.42 Å². The van der Waals surface area contributed by atoms with E-state index in [4.69, 9.17) is 5.11 Å². The first-order chi connectivity index (χ1) is 5.26. The fourth-order valence-corrected chi connectivity index (χ4v) is 1.04. The molecule has 0 fully saturated rings. The van der Waals surface area contributed by atoms with Gasteiger partial charge in [0.2, 0.25) is 0 Å². The summed E-state index contributed by atoms with van der Waals surface area (Å²) in [7, 11) is 0. The summed E-state index contributed by atoms with van der Waals surface area (Å²) in [5.41, 5.74) is 0. The van der Waals surface area contributed by atoms with E-state index in [2.05, 4.69) is 20.8 Å². The summed E-state index contributed by atoms with van der Waals surface area (Å²) in [6, 6.07) is 0. The monoisotopic (exact) mass is 160 g/mol. The molecular weight excluding hydrogens is 136 g/mol. The summed E-state index contributed by atoms with van der Waals surface area (Å²) in [5, 5.41) is 8.83. The zero-order valence-electron chi connectivity index (χ0n) is 8.72. The van der Waals surface area contributed by atoms with E-state index in [1.54, 1.807) is 0 Å². The van der Waals surface area contributed by atoms with Gasteiger partial charge in [0.05, 0.1) is 0 Å². The van der Waals surface area contributed by atoms with Crippen molar-refractivity contribution in [3.8, 4) is 0 Å². The molecule has 0 aromatic rings. The smallest absolute Gasteiger partial charge is 0.0461 e. The SMILES string of the molecule is CC.CC[C@H](CO)[C@@H](C)CC. The van der Waals surface area contributed by atoms with Crippen LogP contribution >= 0.6 is 0 Å². The minimum atomic E-state index is 0.353. The molecule has 0 saturated heterocycles. The summed E-state index contributed by atoms with van der Waals surface area (Å²) >= 11 is 0. The maximum Gasteiger partial charge on any atom is 0.0461 e. The van der Waals surface area contributed by atoms with Crippen molar-refractivity contribution >= 4 is 0 Å². The molecule has 0 amide bonds. The predicted molar refractivity (Wildman–Crippen MR) is 51.7 cm³/mol. The fourth-order valence-electron chi connectivity index (χ4n) is 1.04. The van der Waals surface area contributed by atoms with Crippen LogP contribution in [0.2, 0.25) is 0 Å². The standard InChI is InChI=1S/C8H18O.C2H6/c1-4-7(3)8(5-2)6-9;1-2/h7-9H,4-6H2,1-3H3;1-2H3/t7-,8+;/m0./s1. The van der Waals surface area contributed by atoms with Crippen LogP contribution < -0.4 is 0 Å². The molecule has 1 nitrogen and oxygen atoms in total. The van der Waals surface area contributed by atoms with Gasteiger partial charge in [0.15, 0.2) is 0 Å². The van der Waals surface area contributed by atoms with Crippen molar-refractivity contribution in [3.63, 3.8) is 0 Å². The zero-order valence-corrected chi connectivity index (χ0v) is 8.72. The molecule has 0 heterocycles. The van der Waals surface area contributed by atoms with E-state index in [1.807, 2.05) is 13.8 Å². The van der Waals surface area contributed by atoms with Crippen LogP contribution in [0.1, 0.15) is 47.5 Å². The van der Waals surface area contributed by atoms with E-state index >= 15 is 0 Å². The lowest BCUT2D eigenvalue weighted by molar-refractivity contribution is 0.176. The van der Waals surface area contributed by atoms with Crippen LogP contribution in [0.15, 0.2) is 0 Å². The Balaban J connectivity index is 0. The Morgan fingerprint density at radius 1 is 1.09 bits per heavy atom. The highest BCUT2D eigenvalue weighted by Crippen LogP contribution is 2.17. The lowest BCUT2D eigenvalue weighted by Crippen LogP contribution is -2.13. The average Bonchev–Trinajstić information content (AvgIpc) is 2.10. The molecule has 1 heteroatoms. The van der Waals surface area contributed by atoms with Crippen molar-refractivity contribution in [3.05, 3.63) is 0 Å². The fraction of sp³-hybridized carbons (Fsp3) is 1.00. The van der Waals surface area contributed by atoms with Gasteiger partial charge in [0.25, 0.3) is 0 Å². The highest BCUT2D eigenvalue weighted by Gasteiger charge is 2.10. The van der Waals surface area contributed by atoms with Crippen molar-refractivity contribution in [2.24, 2.45) is 11.8 Å². The third-order valence-corrected chi connectivity index (χ3v) is 2.21. The van der Waals surface area contributed by atoms with Crippen LogP contribution in [-0.4, -0.2) is 11.7 Å². The molecule has 0 aliphatic carbocycles. The lowest BCUT2D eigenvalue weighted by atomic mass is 9.90. The number of hydrogen-bond donors (Lipinski definition) is 1. The van der Waals surface area contributed by atoms with Crippen LogP contribution in [0.25, 0.3) is 0 Å². The quantitative estimate of drug-likeness (QED) is 0.670. The van der Waals surface area contributed by atoms with Crippen LogP contribution in [0.5, 0.6) is 0 Å². The van der Waals surface area contributed by atoms with Crippen molar-refractivity contribution in [1.82, 2.24) is 0 Å². The molecule has 0 spiro atoms. The molecule has 1 N–H and O–H groups in total. The van der Waals surface area contributed by atoms with Gasteiger partial charge in [-0.25, -0.2) is 0 Å². The highest BCUT2D eigenvalue weighted by atomic mass is 16.3. The van der Waals surface area contributed by atoms with Crippen molar-refractivity contribution in [1.29, 1.82) is 0 Å². The summed E-state index contributed by atoms with van der Waals surface area (Å²) in [5.74, 6) is 1.20. The molecule has 70 valence electrons. The van der Waals surface area contributed by atoms with E-state index < -0.39 is 0 Å². The van der Waals surface area contributed by atoms with Gasteiger partial charge in [-0.2, -0.15) is 0 Å². The Morgan fingerprint density at radius 3 is 1.64 bits per heavy atom. The Bertz CT molecular complexity index is 57.9. The third-order valence-electron chi connectivity index (χ3n) is 2.21. The van der Waals surface area contributed by atoms with Gasteiger partial charge in [-0.1, -0.05) is 47.5 Å². The molecule has 0 saturated carbocycles. The first kappa shape index (κ1) is 13.5. The van der Waals surface area contributed by atoms with Crippen LogP contribution in [-0.2, 0) is 0 Å². The second kappa shape index (κ2) is 9.96.